The Labute approximate surface area is 145 Å². The lowest BCUT2D eigenvalue weighted by atomic mass is 9.43. The van der Waals surface area contributed by atoms with Gasteiger partial charge in [-0.15, -0.1) is 6.58 Å². The molecular formula is C20H32O4. The van der Waals surface area contributed by atoms with E-state index in [-0.39, 0.29) is 29.6 Å². The van der Waals surface area contributed by atoms with Crippen molar-refractivity contribution in [2.45, 2.75) is 77.1 Å². The number of ketones is 1. The molecule has 0 bridgehead atoms. The summed E-state index contributed by atoms with van der Waals surface area (Å²) in [5, 5.41) is 21.1. The first-order valence-electron chi connectivity index (χ1n) is 9.21. The number of Topliss-reactive ketones (excluding diaryl/α,β-unsaturated/α-hetero) is 1. The van der Waals surface area contributed by atoms with Crippen LogP contribution in [0.2, 0.25) is 0 Å². The van der Waals surface area contributed by atoms with Gasteiger partial charge in [0.2, 0.25) is 0 Å². The molecule has 1 heterocycles. The molecule has 3 fully saturated rings. The van der Waals surface area contributed by atoms with Crippen LogP contribution in [0.15, 0.2) is 12.7 Å². The first kappa shape index (κ1) is 18.1. The van der Waals surface area contributed by atoms with Crippen molar-refractivity contribution in [2.75, 3.05) is 6.61 Å². The van der Waals surface area contributed by atoms with Crippen LogP contribution in [0.1, 0.15) is 59.8 Å². The Morgan fingerprint density at radius 3 is 2.54 bits per heavy atom. The number of hydrogen-bond acceptors (Lipinski definition) is 4. The standard InChI is InChI=1S/C20H32O4/c1-6-18(3)11-13(22)16-19(4,24-18)10-7-14-17(2,12-21)9-8-15(23)20(14,16)5/h6,13-14,16,21-22H,1,7-12H2,2-5H3/t13-,14+,16+,17+,18+,19-,20-/m1/s1. The summed E-state index contributed by atoms with van der Waals surface area (Å²) in [7, 11) is 0. The van der Waals surface area contributed by atoms with Gasteiger partial charge in [-0.05, 0) is 44.4 Å². The molecule has 0 aromatic heterocycles. The van der Waals surface area contributed by atoms with Crippen LogP contribution in [0.4, 0.5) is 0 Å². The van der Waals surface area contributed by atoms with Gasteiger partial charge in [-0.2, -0.15) is 0 Å². The minimum Gasteiger partial charge on any atom is -0.396 e. The molecule has 0 amide bonds. The van der Waals surface area contributed by atoms with Gasteiger partial charge in [0, 0.05) is 30.8 Å². The van der Waals surface area contributed by atoms with Crippen molar-refractivity contribution in [1.29, 1.82) is 0 Å². The smallest absolute Gasteiger partial charge is 0.139 e. The zero-order valence-corrected chi connectivity index (χ0v) is 15.5. The lowest BCUT2D eigenvalue weighted by molar-refractivity contribution is -0.277. The highest BCUT2D eigenvalue weighted by Crippen LogP contribution is 2.64. The minimum absolute atomic E-state index is 0.0839. The van der Waals surface area contributed by atoms with Gasteiger partial charge in [0.25, 0.3) is 0 Å². The van der Waals surface area contributed by atoms with Crippen LogP contribution < -0.4 is 0 Å². The Kier molecular flexibility index (Phi) is 4.06. The molecule has 2 saturated carbocycles. The van der Waals surface area contributed by atoms with Gasteiger partial charge >= 0.3 is 0 Å². The van der Waals surface area contributed by atoms with Crippen LogP contribution in [0.25, 0.3) is 0 Å². The Balaban J connectivity index is 2.08. The number of carbonyl (C=O) groups is 1. The third-order valence-electron chi connectivity index (χ3n) is 7.58. The molecule has 0 unspecified atom stereocenters. The molecule has 2 N–H and O–H groups in total. The summed E-state index contributed by atoms with van der Waals surface area (Å²) in [5.74, 6) is 0.0651. The van der Waals surface area contributed by atoms with E-state index >= 15 is 0 Å². The van der Waals surface area contributed by atoms with Crippen LogP contribution in [0.3, 0.4) is 0 Å². The first-order valence-corrected chi connectivity index (χ1v) is 9.21. The summed E-state index contributed by atoms with van der Waals surface area (Å²) in [5.41, 5.74) is -2.02. The van der Waals surface area contributed by atoms with Crippen molar-refractivity contribution in [3.05, 3.63) is 12.7 Å². The number of aliphatic hydroxyl groups excluding tert-OH is 2. The maximum Gasteiger partial charge on any atom is 0.139 e. The van der Waals surface area contributed by atoms with Crippen LogP contribution in [-0.2, 0) is 9.53 Å². The highest BCUT2D eigenvalue weighted by atomic mass is 16.5. The Morgan fingerprint density at radius 1 is 1.29 bits per heavy atom. The molecular weight excluding hydrogens is 304 g/mol. The second-order valence-corrected chi connectivity index (χ2v) is 9.29. The van der Waals surface area contributed by atoms with Crippen molar-refractivity contribution in [3.63, 3.8) is 0 Å². The Hall–Kier alpha value is -0.710. The zero-order chi connectivity index (χ0) is 18.0. The molecule has 7 atom stereocenters. The maximum atomic E-state index is 13.1. The third-order valence-corrected chi connectivity index (χ3v) is 7.58. The fourth-order valence-electron chi connectivity index (χ4n) is 6.36. The lowest BCUT2D eigenvalue weighted by Gasteiger charge is -2.65. The Bertz CT molecular complexity index is 560. The monoisotopic (exact) mass is 336 g/mol. The van der Waals surface area contributed by atoms with Crippen LogP contribution in [0.5, 0.6) is 0 Å². The molecule has 3 aliphatic rings. The highest BCUT2D eigenvalue weighted by molar-refractivity contribution is 5.86. The van der Waals surface area contributed by atoms with Crippen molar-refractivity contribution >= 4 is 5.78 Å². The number of rotatable bonds is 2. The Morgan fingerprint density at radius 2 is 1.96 bits per heavy atom. The first-order chi connectivity index (χ1) is 11.0. The summed E-state index contributed by atoms with van der Waals surface area (Å²) in [6.45, 7) is 12.1. The quantitative estimate of drug-likeness (QED) is 0.761. The van der Waals surface area contributed by atoms with Crippen LogP contribution >= 0.6 is 0 Å². The van der Waals surface area contributed by atoms with Gasteiger partial charge in [0.1, 0.15) is 5.78 Å². The topological polar surface area (TPSA) is 66.8 Å². The molecule has 0 aromatic rings. The summed E-state index contributed by atoms with van der Waals surface area (Å²) in [6.07, 6.45) is 4.46. The molecule has 3 rings (SSSR count). The molecule has 2 aliphatic carbocycles. The lowest BCUT2D eigenvalue weighted by Crippen LogP contribution is -2.69. The molecule has 0 spiro atoms. The van der Waals surface area contributed by atoms with E-state index in [1.165, 1.54) is 0 Å². The second-order valence-electron chi connectivity index (χ2n) is 9.29. The van der Waals surface area contributed by atoms with E-state index in [2.05, 4.69) is 13.5 Å². The van der Waals surface area contributed by atoms with E-state index in [0.717, 1.165) is 19.3 Å². The van der Waals surface area contributed by atoms with E-state index < -0.39 is 22.7 Å². The summed E-state index contributed by atoms with van der Waals surface area (Å²) >= 11 is 0. The van der Waals surface area contributed by atoms with E-state index in [1.807, 2.05) is 20.8 Å². The van der Waals surface area contributed by atoms with Gasteiger partial charge in [-0.3, -0.25) is 4.79 Å². The summed E-state index contributed by atoms with van der Waals surface area (Å²) in [4.78, 5) is 13.1. The van der Waals surface area contributed by atoms with Crippen molar-refractivity contribution in [1.82, 2.24) is 0 Å². The molecule has 4 heteroatoms. The highest BCUT2D eigenvalue weighted by Gasteiger charge is 2.67. The van der Waals surface area contributed by atoms with Crippen molar-refractivity contribution < 1.29 is 19.7 Å². The number of aliphatic hydroxyl groups is 2. The molecule has 0 radical (unpaired) electrons. The largest absolute Gasteiger partial charge is 0.396 e. The average Bonchev–Trinajstić information content (AvgIpc) is 2.50. The van der Waals surface area contributed by atoms with E-state index in [1.54, 1.807) is 6.08 Å². The molecule has 0 aromatic carbocycles. The number of ether oxygens (including phenoxy) is 1. The van der Waals surface area contributed by atoms with Gasteiger partial charge in [-0.25, -0.2) is 0 Å². The molecule has 1 aliphatic heterocycles. The second kappa shape index (κ2) is 5.39. The normalized spacial score (nSPS) is 54.8. The fraction of sp³-hybridized carbons (Fsp3) is 0.850. The van der Waals surface area contributed by atoms with E-state index in [9.17, 15) is 15.0 Å². The zero-order valence-electron chi connectivity index (χ0n) is 15.5. The predicted molar refractivity (Wildman–Crippen MR) is 92.5 cm³/mol. The van der Waals surface area contributed by atoms with Gasteiger partial charge in [0.05, 0.1) is 17.3 Å². The SMILES string of the molecule is C=C[C@@]1(C)C[C@@H](O)[C@@H]2[C@@]3(C)C(=O)CC[C@@](C)(CO)[C@@H]3CC[C@@]2(C)O1. The van der Waals surface area contributed by atoms with Gasteiger partial charge < -0.3 is 14.9 Å². The molecule has 136 valence electrons. The third kappa shape index (κ3) is 2.26. The maximum absolute atomic E-state index is 13.1. The predicted octanol–water partition coefficient (Wildman–Crippen LogP) is 2.87. The van der Waals surface area contributed by atoms with E-state index in [0.29, 0.717) is 12.8 Å². The number of fused-ring (bicyclic) bond motifs is 3. The molecule has 24 heavy (non-hydrogen) atoms. The molecule has 4 nitrogen and oxygen atoms in total. The van der Waals surface area contributed by atoms with Crippen LogP contribution in [0, 0.1) is 22.7 Å². The van der Waals surface area contributed by atoms with E-state index in [4.69, 9.17) is 4.74 Å². The average molecular weight is 336 g/mol. The molecule has 1 saturated heterocycles. The minimum atomic E-state index is -0.648. The van der Waals surface area contributed by atoms with Gasteiger partial charge in [0.15, 0.2) is 0 Å². The van der Waals surface area contributed by atoms with Crippen LogP contribution in [-0.4, -0.2) is 39.9 Å². The summed E-state index contributed by atoms with van der Waals surface area (Å²) < 4.78 is 6.46. The fourth-order valence-corrected chi connectivity index (χ4v) is 6.36. The number of hydrogen-bond donors (Lipinski definition) is 2. The van der Waals surface area contributed by atoms with Crippen molar-refractivity contribution in [2.24, 2.45) is 22.7 Å². The van der Waals surface area contributed by atoms with Gasteiger partial charge in [-0.1, -0.05) is 19.9 Å². The van der Waals surface area contributed by atoms with Crippen molar-refractivity contribution in [3.8, 4) is 0 Å². The number of carbonyl (C=O) groups excluding carboxylic acids is 1. The summed E-state index contributed by atoms with van der Waals surface area (Å²) in [6, 6.07) is 0.